The van der Waals surface area contributed by atoms with Crippen molar-refractivity contribution in [2.45, 2.75) is 31.6 Å². The van der Waals surface area contributed by atoms with Gasteiger partial charge in [0.25, 0.3) is 0 Å². The first-order valence-corrected chi connectivity index (χ1v) is 11.4. The van der Waals surface area contributed by atoms with Crippen LogP contribution >= 0.6 is 27.7 Å². The molecule has 1 aromatic carbocycles. The average molecular weight is 449 g/mol. The largest absolute Gasteiger partial charge is 0.313 e. The zero-order chi connectivity index (χ0) is 18.4. The summed E-state index contributed by atoms with van der Waals surface area (Å²) in [4.78, 5) is 17.9. The Hall–Kier alpha value is -0.930. The molecular formula is C16H18BrFN2O3S2. The lowest BCUT2D eigenvalue weighted by molar-refractivity contribution is -0.118. The fraction of sp³-hybridized carbons (Fsp3) is 0.500. The van der Waals surface area contributed by atoms with Gasteiger partial charge in [0.1, 0.15) is 5.82 Å². The normalized spacial score (nSPS) is 26.4. The topological polar surface area (TPSA) is 66.8 Å². The SMILES string of the molecule is CC(C)CC(=O)N=C1SC2CS(=O)(=O)CC2N1c1ccc(Br)cc1F. The Morgan fingerprint density at radius 2 is 2.16 bits per heavy atom. The Labute approximate surface area is 159 Å². The van der Waals surface area contributed by atoms with Gasteiger partial charge in [-0.2, -0.15) is 4.99 Å². The quantitative estimate of drug-likeness (QED) is 0.709. The van der Waals surface area contributed by atoms with Gasteiger partial charge in [0.15, 0.2) is 15.0 Å². The Morgan fingerprint density at radius 1 is 1.44 bits per heavy atom. The molecule has 1 amide bonds. The number of amidine groups is 1. The predicted octanol–water partition coefficient (Wildman–Crippen LogP) is 3.24. The van der Waals surface area contributed by atoms with Crippen molar-refractivity contribution < 1.29 is 17.6 Å². The summed E-state index contributed by atoms with van der Waals surface area (Å²) in [6.45, 7) is 3.85. The van der Waals surface area contributed by atoms with Crippen LogP contribution in [-0.2, 0) is 14.6 Å². The molecule has 0 bridgehead atoms. The molecule has 9 heteroatoms. The van der Waals surface area contributed by atoms with Crippen molar-refractivity contribution in [1.82, 2.24) is 0 Å². The molecule has 5 nitrogen and oxygen atoms in total. The molecular weight excluding hydrogens is 431 g/mol. The van der Waals surface area contributed by atoms with Crippen LogP contribution in [0.4, 0.5) is 10.1 Å². The molecule has 2 unspecified atom stereocenters. The summed E-state index contributed by atoms with van der Waals surface area (Å²) in [6, 6.07) is 4.18. The average Bonchev–Trinajstić information content (AvgIpc) is 2.90. The molecule has 2 saturated heterocycles. The molecule has 3 rings (SSSR count). The third-order valence-corrected chi connectivity index (χ3v) is 7.74. The monoisotopic (exact) mass is 448 g/mol. The molecule has 25 heavy (non-hydrogen) atoms. The fourth-order valence-electron chi connectivity index (χ4n) is 3.02. The molecule has 2 aliphatic heterocycles. The van der Waals surface area contributed by atoms with Gasteiger partial charge in [0, 0.05) is 16.1 Å². The first kappa shape index (κ1) is 18.8. The van der Waals surface area contributed by atoms with Gasteiger partial charge in [0.2, 0.25) is 5.91 Å². The second kappa shape index (κ2) is 7.00. The first-order valence-electron chi connectivity index (χ1n) is 7.89. The van der Waals surface area contributed by atoms with Crippen LogP contribution in [0.5, 0.6) is 0 Å². The van der Waals surface area contributed by atoms with Gasteiger partial charge in [0.05, 0.1) is 23.2 Å². The van der Waals surface area contributed by atoms with Gasteiger partial charge in [-0.3, -0.25) is 4.79 Å². The second-order valence-electron chi connectivity index (χ2n) is 6.65. The maximum absolute atomic E-state index is 14.5. The molecule has 0 spiro atoms. The van der Waals surface area contributed by atoms with Crippen molar-refractivity contribution in [3.8, 4) is 0 Å². The Kier molecular flexibility index (Phi) is 5.28. The fourth-order valence-corrected chi connectivity index (χ4v) is 7.28. The highest BCUT2D eigenvalue weighted by atomic mass is 79.9. The minimum absolute atomic E-state index is 0.0222. The zero-order valence-corrected chi connectivity index (χ0v) is 17.0. The number of carbonyl (C=O) groups excluding carboxylic acids is 1. The van der Waals surface area contributed by atoms with E-state index in [4.69, 9.17) is 0 Å². The smallest absolute Gasteiger partial charge is 0.248 e. The second-order valence-corrected chi connectivity index (χ2v) is 10.9. The molecule has 0 saturated carbocycles. The van der Waals surface area contributed by atoms with Crippen LogP contribution in [0.15, 0.2) is 27.7 Å². The number of aliphatic imine (C=N–C) groups is 1. The van der Waals surface area contributed by atoms with E-state index in [-0.39, 0.29) is 34.3 Å². The van der Waals surface area contributed by atoms with Crippen LogP contribution in [0.1, 0.15) is 20.3 Å². The molecule has 0 radical (unpaired) electrons. The third-order valence-electron chi connectivity index (χ3n) is 4.04. The number of hydrogen-bond acceptors (Lipinski definition) is 4. The van der Waals surface area contributed by atoms with Gasteiger partial charge in [-0.15, -0.1) is 0 Å². The highest BCUT2D eigenvalue weighted by molar-refractivity contribution is 9.10. The molecule has 0 aliphatic carbocycles. The molecule has 2 heterocycles. The van der Waals surface area contributed by atoms with Gasteiger partial charge in [-0.25, -0.2) is 12.8 Å². The Morgan fingerprint density at radius 3 is 2.80 bits per heavy atom. The van der Waals surface area contributed by atoms with Crippen LogP contribution in [0, 0.1) is 11.7 Å². The van der Waals surface area contributed by atoms with Crippen molar-refractivity contribution in [2.75, 3.05) is 16.4 Å². The first-order chi connectivity index (χ1) is 11.7. The number of sulfone groups is 1. The molecule has 1 aromatic rings. The van der Waals surface area contributed by atoms with E-state index in [1.165, 1.54) is 17.8 Å². The van der Waals surface area contributed by atoms with E-state index >= 15 is 0 Å². The summed E-state index contributed by atoms with van der Waals surface area (Å²) in [6.07, 6.45) is 0.300. The van der Waals surface area contributed by atoms with Crippen LogP contribution in [0.2, 0.25) is 0 Å². The highest BCUT2D eigenvalue weighted by Crippen LogP contribution is 2.42. The number of benzene rings is 1. The molecule has 0 aromatic heterocycles. The number of halogens is 2. The summed E-state index contributed by atoms with van der Waals surface area (Å²) in [5.74, 6) is -0.626. The highest BCUT2D eigenvalue weighted by Gasteiger charge is 2.49. The number of amides is 1. The standard InChI is InChI=1S/C16H18BrFN2O3S2/c1-9(2)5-15(21)19-16-20(12-4-3-10(17)6-11(12)18)13-7-25(22,23)8-14(13)24-16/h3-4,6,9,13-14H,5,7-8H2,1-2H3. The number of hydrogen-bond donors (Lipinski definition) is 0. The minimum atomic E-state index is -3.17. The van der Waals surface area contributed by atoms with E-state index in [1.54, 1.807) is 17.0 Å². The number of nitrogens with zero attached hydrogens (tertiary/aromatic N) is 2. The number of anilines is 1. The van der Waals surface area contributed by atoms with Crippen LogP contribution in [-0.4, -0.2) is 42.3 Å². The van der Waals surface area contributed by atoms with Crippen molar-refractivity contribution in [3.63, 3.8) is 0 Å². The lowest BCUT2D eigenvalue weighted by atomic mass is 10.1. The number of rotatable bonds is 3. The maximum Gasteiger partial charge on any atom is 0.248 e. The summed E-state index contributed by atoms with van der Waals surface area (Å²) in [5, 5.41) is 0.149. The summed E-state index contributed by atoms with van der Waals surface area (Å²) >= 11 is 4.47. The summed E-state index contributed by atoms with van der Waals surface area (Å²) < 4.78 is 39.1. The van der Waals surface area contributed by atoms with E-state index < -0.39 is 21.7 Å². The third kappa shape index (κ3) is 4.09. The van der Waals surface area contributed by atoms with Crippen molar-refractivity contribution >= 4 is 54.3 Å². The van der Waals surface area contributed by atoms with Crippen molar-refractivity contribution in [1.29, 1.82) is 0 Å². The van der Waals surface area contributed by atoms with Gasteiger partial charge in [-0.05, 0) is 24.1 Å². The lowest BCUT2D eigenvalue weighted by Gasteiger charge is -2.25. The van der Waals surface area contributed by atoms with Crippen LogP contribution in [0.25, 0.3) is 0 Å². The predicted molar refractivity (Wildman–Crippen MR) is 102 cm³/mol. The summed E-state index contributed by atoms with van der Waals surface area (Å²) in [7, 11) is -3.17. The van der Waals surface area contributed by atoms with E-state index in [9.17, 15) is 17.6 Å². The molecule has 136 valence electrons. The Bertz CT molecular complexity index is 842. The van der Waals surface area contributed by atoms with Gasteiger partial charge >= 0.3 is 0 Å². The summed E-state index contributed by atoms with van der Waals surface area (Å²) in [5.41, 5.74) is 0.247. The number of fused-ring (bicyclic) bond motifs is 1. The van der Waals surface area contributed by atoms with Crippen LogP contribution < -0.4 is 4.90 Å². The van der Waals surface area contributed by atoms with Crippen molar-refractivity contribution in [3.05, 3.63) is 28.5 Å². The van der Waals surface area contributed by atoms with E-state index in [0.717, 1.165) is 0 Å². The molecule has 2 atom stereocenters. The van der Waals surface area contributed by atoms with Crippen molar-refractivity contribution in [2.24, 2.45) is 10.9 Å². The van der Waals surface area contributed by atoms with E-state index in [2.05, 4.69) is 20.9 Å². The van der Waals surface area contributed by atoms with Gasteiger partial charge in [-0.1, -0.05) is 41.5 Å². The number of carbonyl (C=O) groups is 1. The Balaban J connectivity index is 2.01. The molecule has 0 N–H and O–H groups in total. The van der Waals surface area contributed by atoms with Gasteiger partial charge < -0.3 is 4.90 Å². The zero-order valence-electron chi connectivity index (χ0n) is 13.8. The maximum atomic E-state index is 14.5. The minimum Gasteiger partial charge on any atom is -0.313 e. The van der Waals surface area contributed by atoms with Crippen LogP contribution in [0.3, 0.4) is 0 Å². The molecule has 2 aliphatic rings. The molecule has 2 fully saturated rings. The van der Waals surface area contributed by atoms with E-state index in [0.29, 0.717) is 16.1 Å². The van der Waals surface area contributed by atoms with E-state index in [1.807, 2.05) is 13.8 Å². The number of thioether (sulfide) groups is 1. The lowest BCUT2D eigenvalue weighted by Crippen LogP contribution is -2.38.